The summed E-state index contributed by atoms with van der Waals surface area (Å²) >= 11 is 0. The number of nitrogens with two attached hydrogens (primary N) is 1. The summed E-state index contributed by atoms with van der Waals surface area (Å²) in [5.41, 5.74) is 6.64. The lowest BCUT2D eigenvalue weighted by Crippen LogP contribution is -2.02. The molecule has 0 heterocycles. The Morgan fingerprint density at radius 3 is 2.69 bits per heavy atom. The van der Waals surface area contributed by atoms with Crippen molar-refractivity contribution in [2.24, 2.45) is 0 Å². The van der Waals surface area contributed by atoms with E-state index in [4.69, 9.17) is 15.2 Å². The number of ether oxygens (including phenoxy) is 2. The number of nitro benzene ring substituents is 1. The van der Waals surface area contributed by atoms with E-state index in [2.05, 4.69) is 0 Å². The first-order chi connectivity index (χ1) is 7.60. The molecular weight excluding hydrogens is 212 g/mol. The van der Waals surface area contributed by atoms with Gasteiger partial charge in [0.15, 0.2) is 5.75 Å². The summed E-state index contributed by atoms with van der Waals surface area (Å²) in [7, 11) is 1.50. The summed E-state index contributed by atoms with van der Waals surface area (Å²) in [6, 6.07) is 2.83. The Kier molecular flexibility index (Phi) is 4.07. The molecule has 0 unspecified atom stereocenters. The van der Waals surface area contributed by atoms with E-state index in [1.54, 1.807) is 6.92 Å². The summed E-state index contributed by atoms with van der Waals surface area (Å²) in [6.07, 6.45) is 0. The van der Waals surface area contributed by atoms with E-state index >= 15 is 0 Å². The fourth-order valence-corrected chi connectivity index (χ4v) is 1.32. The van der Waals surface area contributed by atoms with Crippen LogP contribution in [-0.4, -0.2) is 18.6 Å². The number of hydrogen-bond acceptors (Lipinski definition) is 5. The molecule has 0 aliphatic carbocycles. The molecule has 0 fully saturated rings. The van der Waals surface area contributed by atoms with Gasteiger partial charge < -0.3 is 15.2 Å². The van der Waals surface area contributed by atoms with Gasteiger partial charge in [-0.25, -0.2) is 0 Å². The van der Waals surface area contributed by atoms with Gasteiger partial charge in [0, 0.05) is 30.5 Å². The van der Waals surface area contributed by atoms with Crippen LogP contribution in [0.1, 0.15) is 12.5 Å². The average Bonchev–Trinajstić information content (AvgIpc) is 2.22. The maximum atomic E-state index is 10.8. The van der Waals surface area contributed by atoms with Gasteiger partial charge in [-0.1, -0.05) is 0 Å². The van der Waals surface area contributed by atoms with Gasteiger partial charge in [0.05, 0.1) is 18.1 Å². The number of methoxy groups -OCH3 is 1. The van der Waals surface area contributed by atoms with Crippen LogP contribution in [0, 0.1) is 10.1 Å². The Hall–Kier alpha value is -1.82. The van der Waals surface area contributed by atoms with Gasteiger partial charge in [-0.05, 0) is 6.92 Å². The van der Waals surface area contributed by atoms with Crippen LogP contribution in [0.4, 0.5) is 11.4 Å². The van der Waals surface area contributed by atoms with Gasteiger partial charge >= 0.3 is 5.69 Å². The topological polar surface area (TPSA) is 87.6 Å². The first-order valence-corrected chi connectivity index (χ1v) is 4.78. The molecule has 0 saturated carbocycles. The minimum atomic E-state index is -0.496. The van der Waals surface area contributed by atoms with Crippen molar-refractivity contribution in [3.8, 4) is 5.75 Å². The zero-order valence-corrected chi connectivity index (χ0v) is 9.23. The van der Waals surface area contributed by atoms with E-state index < -0.39 is 4.92 Å². The average molecular weight is 226 g/mol. The van der Waals surface area contributed by atoms with Crippen LogP contribution in [0.5, 0.6) is 5.75 Å². The number of nitrogens with zero attached hydrogens (tertiary/aromatic N) is 1. The fraction of sp³-hybridized carbons (Fsp3) is 0.400. The lowest BCUT2D eigenvalue weighted by molar-refractivity contribution is -0.385. The monoisotopic (exact) mass is 226 g/mol. The molecule has 6 heteroatoms. The van der Waals surface area contributed by atoms with Gasteiger partial charge in [0.2, 0.25) is 0 Å². The predicted molar refractivity (Wildman–Crippen MR) is 59.4 cm³/mol. The summed E-state index contributed by atoms with van der Waals surface area (Å²) in [5, 5.41) is 10.8. The summed E-state index contributed by atoms with van der Waals surface area (Å²) in [5.74, 6) is 0.185. The maximum Gasteiger partial charge on any atom is 0.311 e. The number of benzene rings is 1. The largest absolute Gasteiger partial charge is 0.487 e. The summed E-state index contributed by atoms with van der Waals surface area (Å²) in [4.78, 5) is 10.3. The molecule has 1 aromatic rings. The van der Waals surface area contributed by atoms with E-state index in [0.717, 1.165) is 0 Å². The van der Waals surface area contributed by atoms with Crippen LogP contribution in [0.25, 0.3) is 0 Å². The Morgan fingerprint density at radius 1 is 1.50 bits per heavy atom. The van der Waals surface area contributed by atoms with Crippen molar-refractivity contribution in [3.05, 3.63) is 27.8 Å². The molecule has 0 atom stereocenters. The van der Waals surface area contributed by atoms with Crippen LogP contribution in [0.3, 0.4) is 0 Å². The van der Waals surface area contributed by atoms with Gasteiger partial charge in [-0.3, -0.25) is 10.1 Å². The molecule has 6 nitrogen and oxygen atoms in total. The quantitative estimate of drug-likeness (QED) is 0.469. The van der Waals surface area contributed by atoms with E-state index in [1.165, 1.54) is 19.2 Å². The Morgan fingerprint density at radius 2 is 2.19 bits per heavy atom. The fourth-order valence-electron chi connectivity index (χ4n) is 1.32. The lowest BCUT2D eigenvalue weighted by Gasteiger charge is -2.09. The zero-order valence-electron chi connectivity index (χ0n) is 9.23. The maximum absolute atomic E-state index is 10.8. The highest BCUT2D eigenvalue weighted by Gasteiger charge is 2.18. The van der Waals surface area contributed by atoms with Gasteiger partial charge in [-0.15, -0.1) is 0 Å². The van der Waals surface area contributed by atoms with Crippen molar-refractivity contribution < 1.29 is 14.4 Å². The van der Waals surface area contributed by atoms with Crippen molar-refractivity contribution in [2.45, 2.75) is 13.5 Å². The first-order valence-electron chi connectivity index (χ1n) is 4.78. The molecule has 0 radical (unpaired) electrons. The molecule has 88 valence electrons. The minimum absolute atomic E-state index is 0.0944. The third-order valence-corrected chi connectivity index (χ3v) is 2.02. The first kappa shape index (κ1) is 12.3. The molecule has 0 saturated heterocycles. The summed E-state index contributed by atoms with van der Waals surface area (Å²) in [6.45, 7) is 2.34. The van der Waals surface area contributed by atoms with E-state index in [1.807, 2.05) is 0 Å². The molecule has 0 aliphatic rings. The second kappa shape index (κ2) is 5.32. The van der Waals surface area contributed by atoms with E-state index in [0.29, 0.717) is 17.9 Å². The Labute approximate surface area is 93.1 Å². The van der Waals surface area contributed by atoms with E-state index in [9.17, 15) is 10.1 Å². The molecule has 0 spiro atoms. The standard InChI is InChI=1S/C10H14N2O4/c1-3-16-10-5-8(11)7(6-15-2)4-9(10)12(13)14/h4-5H,3,6,11H2,1-2H3. The van der Waals surface area contributed by atoms with Crippen LogP contribution < -0.4 is 10.5 Å². The smallest absolute Gasteiger partial charge is 0.311 e. The van der Waals surface area contributed by atoms with Gasteiger partial charge in [0.1, 0.15) is 0 Å². The molecule has 16 heavy (non-hydrogen) atoms. The number of nitrogen functional groups attached to an aromatic ring is 1. The molecule has 0 amide bonds. The van der Waals surface area contributed by atoms with Gasteiger partial charge in [-0.2, -0.15) is 0 Å². The molecule has 1 rings (SSSR count). The van der Waals surface area contributed by atoms with E-state index in [-0.39, 0.29) is 18.0 Å². The van der Waals surface area contributed by atoms with Crippen LogP contribution in [0.2, 0.25) is 0 Å². The van der Waals surface area contributed by atoms with Crippen LogP contribution in [0.15, 0.2) is 12.1 Å². The van der Waals surface area contributed by atoms with Gasteiger partial charge in [0.25, 0.3) is 0 Å². The SMILES string of the molecule is CCOc1cc(N)c(COC)cc1[N+](=O)[O-]. The molecule has 2 N–H and O–H groups in total. The number of anilines is 1. The third kappa shape index (κ3) is 2.60. The normalized spacial score (nSPS) is 10.1. The Balaban J connectivity index is 3.19. The van der Waals surface area contributed by atoms with Crippen LogP contribution in [-0.2, 0) is 11.3 Å². The van der Waals surface area contributed by atoms with Crippen molar-refractivity contribution in [1.29, 1.82) is 0 Å². The predicted octanol–water partition coefficient (Wildman–Crippen LogP) is 1.72. The number of hydrogen-bond donors (Lipinski definition) is 1. The molecular formula is C10H14N2O4. The zero-order chi connectivity index (χ0) is 12.1. The number of nitro groups is 1. The van der Waals surface area contributed by atoms with Crippen molar-refractivity contribution in [1.82, 2.24) is 0 Å². The van der Waals surface area contributed by atoms with Crippen molar-refractivity contribution in [3.63, 3.8) is 0 Å². The molecule has 0 bridgehead atoms. The Bertz CT molecular complexity index is 393. The highest BCUT2D eigenvalue weighted by atomic mass is 16.6. The second-order valence-electron chi connectivity index (χ2n) is 3.14. The molecule has 0 aromatic heterocycles. The second-order valence-corrected chi connectivity index (χ2v) is 3.14. The number of rotatable bonds is 5. The van der Waals surface area contributed by atoms with Crippen molar-refractivity contribution >= 4 is 11.4 Å². The highest BCUT2D eigenvalue weighted by molar-refractivity contribution is 5.60. The van der Waals surface area contributed by atoms with Crippen LogP contribution >= 0.6 is 0 Å². The molecule has 1 aromatic carbocycles. The highest BCUT2D eigenvalue weighted by Crippen LogP contribution is 2.32. The minimum Gasteiger partial charge on any atom is -0.487 e. The third-order valence-electron chi connectivity index (χ3n) is 2.02. The summed E-state index contributed by atoms with van der Waals surface area (Å²) < 4.78 is 10.0. The molecule has 0 aliphatic heterocycles. The van der Waals surface area contributed by atoms with Crippen molar-refractivity contribution in [2.75, 3.05) is 19.5 Å². The lowest BCUT2D eigenvalue weighted by atomic mass is 10.1.